The minimum absolute atomic E-state index is 0.417. The molecule has 0 radical (unpaired) electrons. The first-order valence-corrected chi connectivity index (χ1v) is 5.40. The van der Waals surface area contributed by atoms with E-state index in [1.54, 1.807) is 14.2 Å². The topological polar surface area (TPSA) is 61.3 Å². The van der Waals surface area contributed by atoms with E-state index in [9.17, 15) is 0 Å². The summed E-state index contributed by atoms with van der Waals surface area (Å²) in [5.41, 5.74) is 0. The molecule has 0 bridgehead atoms. The summed E-state index contributed by atoms with van der Waals surface area (Å²) in [5.74, 6) is 0.776. The van der Waals surface area contributed by atoms with E-state index in [1.807, 2.05) is 4.57 Å². The Kier molecular flexibility index (Phi) is 6.24. The molecule has 0 amide bonds. The van der Waals surface area contributed by atoms with E-state index in [-0.39, 0.29) is 0 Å². The summed E-state index contributed by atoms with van der Waals surface area (Å²) in [6.45, 7) is 2.80. The third-order valence-electron chi connectivity index (χ3n) is 2.02. The van der Waals surface area contributed by atoms with Gasteiger partial charge in [-0.1, -0.05) is 0 Å². The van der Waals surface area contributed by atoms with E-state index in [0.717, 1.165) is 5.82 Å². The molecule has 92 valence electrons. The summed E-state index contributed by atoms with van der Waals surface area (Å²) in [4.78, 5) is 0. The Balaban J connectivity index is 2.48. The Bertz CT molecular complexity index is 350. The smallest absolute Gasteiger partial charge is 0.195 e. The second kappa shape index (κ2) is 7.50. The molecule has 0 spiro atoms. The van der Waals surface area contributed by atoms with Gasteiger partial charge < -0.3 is 14.2 Å². The van der Waals surface area contributed by atoms with E-state index in [1.165, 1.54) is 0 Å². The zero-order valence-electron chi connectivity index (χ0n) is 9.56. The summed E-state index contributed by atoms with van der Waals surface area (Å²) < 4.78 is 17.7. The fourth-order valence-corrected chi connectivity index (χ4v) is 1.42. The highest BCUT2D eigenvalue weighted by atomic mass is 32.1. The maximum Gasteiger partial charge on any atom is 0.195 e. The van der Waals surface area contributed by atoms with Crippen molar-refractivity contribution in [2.75, 3.05) is 34.0 Å². The van der Waals surface area contributed by atoms with Crippen molar-refractivity contribution >= 4 is 12.2 Å². The van der Waals surface area contributed by atoms with Crippen molar-refractivity contribution in [1.82, 2.24) is 14.8 Å². The van der Waals surface area contributed by atoms with Crippen LogP contribution in [0, 0.1) is 4.77 Å². The summed E-state index contributed by atoms with van der Waals surface area (Å²) in [6, 6.07) is 0. The molecule has 0 fully saturated rings. The Labute approximate surface area is 99.5 Å². The third kappa shape index (κ3) is 4.01. The SMILES string of the molecule is COCCOCc1n[nH]c(=S)n1CCOC. The number of nitrogens with zero attached hydrogens (tertiary/aromatic N) is 2. The Morgan fingerprint density at radius 3 is 2.69 bits per heavy atom. The average Bonchev–Trinajstić information content (AvgIpc) is 2.63. The van der Waals surface area contributed by atoms with Gasteiger partial charge in [-0.05, 0) is 12.2 Å². The summed E-state index contributed by atoms with van der Waals surface area (Å²) in [5, 5.41) is 6.83. The average molecular weight is 247 g/mol. The van der Waals surface area contributed by atoms with Crippen LogP contribution in [0.1, 0.15) is 5.82 Å². The van der Waals surface area contributed by atoms with E-state index < -0.39 is 0 Å². The van der Waals surface area contributed by atoms with Crippen molar-refractivity contribution in [3.05, 3.63) is 10.6 Å². The van der Waals surface area contributed by atoms with Gasteiger partial charge in [0, 0.05) is 14.2 Å². The zero-order valence-corrected chi connectivity index (χ0v) is 10.4. The van der Waals surface area contributed by atoms with Crippen molar-refractivity contribution in [3.63, 3.8) is 0 Å². The van der Waals surface area contributed by atoms with Gasteiger partial charge in [-0.25, -0.2) is 0 Å². The molecule has 1 aromatic rings. The summed E-state index contributed by atoms with van der Waals surface area (Å²) in [6.07, 6.45) is 0. The van der Waals surface area contributed by atoms with Crippen molar-refractivity contribution < 1.29 is 14.2 Å². The molecule has 1 aromatic heterocycles. The molecule has 0 atom stereocenters. The van der Waals surface area contributed by atoms with Crippen LogP contribution in [0.3, 0.4) is 0 Å². The number of aromatic nitrogens is 3. The number of methoxy groups -OCH3 is 2. The van der Waals surface area contributed by atoms with Crippen molar-refractivity contribution in [2.45, 2.75) is 13.2 Å². The molecule has 1 N–H and O–H groups in total. The lowest BCUT2D eigenvalue weighted by Gasteiger charge is -2.06. The predicted molar refractivity (Wildman–Crippen MR) is 60.8 cm³/mol. The van der Waals surface area contributed by atoms with Gasteiger partial charge in [0.15, 0.2) is 10.6 Å². The molecule has 6 nitrogen and oxygen atoms in total. The standard InChI is InChI=1S/C9H17N3O3S/c1-13-4-3-12-8(10-11-9(12)16)7-15-6-5-14-2/h3-7H2,1-2H3,(H,11,16). The van der Waals surface area contributed by atoms with Gasteiger partial charge in [0.1, 0.15) is 6.61 Å². The highest BCUT2D eigenvalue weighted by Crippen LogP contribution is 2.00. The fourth-order valence-electron chi connectivity index (χ4n) is 1.18. The Hall–Kier alpha value is -0.760. The van der Waals surface area contributed by atoms with Gasteiger partial charge in [-0.3, -0.25) is 9.67 Å². The molecule has 0 aliphatic rings. The van der Waals surface area contributed by atoms with Gasteiger partial charge in [0.05, 0.1) is 26.4 Å². The second-order valence-corrected chi connectivity index (χ2v) is 3.52. The van der Waals surface area contributed by atoms with Crippen molar-refractivity contribution in [1.29, 1.82) is 0 Å². The predicted octanol–water partition coefficient (Wildman–Crippen LogP) is 0.750. The first-order chi connectivity index (χ1) is 7.79. The number of nitrogens with one attached hydrogen (secondary N) is 1. The first-order valence-electron chi connectivity index (χ1n) is 4.99. The molecule has 16 heavy (non-hydrogen) atoms. The third-order valence-corrected chi connectivity index (χ3v) is 2.33. The normalized spacial score (nSPS) is 10.9. The molecule has 7 heteroatoms. The molecule has 0 saturated heterocycles. The van der Waals surface area contributed by atoms with Crippen LogP contribution in [0.25, 0.3) is 0 Å². The van der Waals surface area contributed by atoms with Crippen LogP contribution >= 0.6 is 12.2 Å². The molecule has 0 aliphatic heterocycles. The van der Waals surface area contributed by atoms with Crippen LogP contribution in [0.4, 0.5) is 0 Å². The quantitative estimate of drug-likeness (QED) is 0.542. The molecule has 0 unspecified atom stereocenters. The van der Waals surface area contributed by atoms with Gasteiger partial charge in [0.25, 0.3) is 0 Å². The van der Waals surface area contributed by atoms with Crippen LogP contribution in [0.2, 0.25) is 0 Å². The molecule has 0 aliphatic carbocycles. The maximum atomic E-state index is 5.38. The van der Waals surface area contributed by atoms with Crippen LogP contribution in [0.5, 0.6) is 0 Å². The van der Waals surface area contributed by atoms with E-state index in [0.29, 0.717) is 37.7 Å². The van der Waals surface area contributed by atoms with Crippen molar-refractivity contribution in [2.24, 2.45) is 0 Å². The fraction of sp³-hybridized carbons (Fsp3) is 0.778. The number of ether oxygens (including phenoxy) is 3. The molecular formula is C9H17N3O3S. The molecule has 0 saturated carbocycles. The summed E-state index contributed by atoms with van der Waals surface area (Å²) in [7, 11) is 3.29. The maximum absolute atomic E-state index is 5.38. The van der Waals surface area contributed by atoms with Crippen molar-refractivity contribution in [3.8, 4) is 0 Å². The minimum atomic E-state index is 0.417. The molecule has 1 rings (SSSR count). The lowest BCUT2D eigenvalue weighted by atomic mass is 10.5. The number of hydrogen-bond acceptors (Lipinski definition) is 5. The molecule has 0 aromatic carbocycles. The second-order valence-electron chi connectivity index (χ2n) is 3.13. The Morgan fingerprint density at radius 2 is 2.00 bits per heavy atom. The summed E-state index contributed by atoms with van der Waals surface area (Å²) >= 11 is 5.10. The van der Waals surface area contributed by atoms with Crippen LogP contribution < -0.4 is 0 Å². The number of H-pyrrole nitrogens is 1. The monoisotopic (exact) mass is 247 g/mol. The van der Waals surface area contributed by atoms with Gasteiger partial charge >= 0.3 is 0 Å². The highest BCUT2D eigenvalue weighted by molar-refractivity contribution is 7.71. The first kappa shape index (κ1) is 13.3. The lowest BCUT2D eigenvalue weighted by molar-refractivity contribution is 0.0565. The molecular weight excluding hydrogens is 230 g/mol. The molecule has 1 heterocycles. The van der Waals surface area contributed by atoms with Gasteiger partial charge in [-0.2, -0.15) is 5.10 Å². The number of rotatable bonds is 8. The largest absolute Gasteiger partial charge is 0.383 e. The number of aromatic amines is 1. The Morgan fingerprint density at radius 1 is 1.25 bits per heavy atom. The van der Waals surface area contributed by atoms with E-state index in [4.69, 9.17) is 26.4 Å². The van der Waals surface area contributed by atoms with Gasteiger partial charge in [0.2, 0.25) is 0 Å². The van der Waals surface area contributed by atoms with E-state index >= 15 is 0 Å². The van der Waals surface area contributed by atoms with Crippen LogP contribution in [-0.2, 0) is 27.4 Å². The lowest BCUT2D eigenvalue weighted by Crippen LogP contribution is -2.11. The number of hydrogen-bond donors (Lipinski definition) is 1. The van der Waals surface area contributed by atoms with E-state index in [2.05, 4.69) is 10.2 Å². The van der Waals surface area contributed by atoms with Crippen LogP contribution in [0.15, 0.2) is 0 Å². The van der Waals surface area contributed by atoms with Gasteiger partial charge in [-0.15, -0.1) is 0 Å². The highest BCUT2D eigenvalue weighted by Gasteiger charge is 2.05. The minimum Gasteiger partial charge on any atom is -0.383 e. The zero-order chi connectivity index (χ0) is 11.8. The van der Waals surface area contributed by atoms with Crippen LogP contribution in [-0.4, -0.2) is 48.8 Å².